The molecule has 1 aromatic rings. The molecule has 3 nitrogen and oxygen atoms in total. The summed E-state index contributed by atoms with van der Waals surface area (Å²) < 4.78 is 13.5. The van der Waals surface area contributed by atoms with E-state index in [-0.39, 0.29) is 29.9 Å². The van der Waals surface area contributed by atoms with Gasteiger partial charge < -0.3 is 10.2 Å². The van der Waals surface area contributed by atoms with Crippen molar-refractivity contribution in [3.8, 4) is 0 Å². The first kappa shape index (κ1) is 13.9. The van der Waals surface area contributed by atoms with Crippen LogP contribution in [0.5, 0.6) is 0 Å². The van der Waals surface area contributed by atoms with E-state index in [1.54, 1.807) is 17.0 Å². The fourth-order valence-electron chi connectivity index (χ4n) is 1.93. The Hall–Kier alpha value is -1.13. The number of nitrogens with zero attached hydrogens (tertiary/aromatic N) is 1. The average Bonchev–Trinajstić information content (AvgIpc) is 2.29. The lowest BCUT2D eigenvalue weighted by Crippen LogP contribution is -2.52. The Bertz CT molecular complexity index is 400. The zero-order valence-electron chi connectivity index (χ0n) is 9.65. The summed E-state index contributed by atoms with van der Waals surface area (Å²) >= 11 is 0. The SMILES string of the molecule is CC1CNCCN1C(=O)c1ccccc1F.Cl. The Labute approximate surface area is 106 Å². The van der Waals surface area contributed by atoms with Gasteiger partial charge in [-0.1, -0.05) is 12.1 Å². The molecule has 0 aliphatic carbocycles. The van der Waals surface area contributed by atoms with E-state index in [2.05, 4.69) is 5.32 Å². The lowest BCUT2D eigenvalue weighted by Gasteiger charge is -2.34. The summed E-state index contributed by atoms with van der Waals surface area (Å²) in [6.45, 7) is 4.13. The maximum absolute atomic E-state index is 13.5. The van der Waals surface area contributed by atoms with Gasteiger partial charge in [0.2, 0.25) is 0 Å². The van der Waals surface area contributed by atoms with Crippen molar-refractivity contribution in [2.24, 2.45) is 0 Å². The minimum atomic E-state index is -0.446. The van der Waals surface area contributed by atoms with Crippen LogP contribution in [0.3, 0.4) is 0 Å². The van der Waals surface area contributed by atoms with Gasteiger partial charge in [0.25, 0.3) is 5.91 Å². The maximum atomic E-state index is 13.5. The summed E-state index contributed by atoms with van der Waals surface area (Å²) in [6.07, 6.45) is 0. The van der Waals surface area contributed by atoms with E-state index < -0.39 is 5.82 Å². The average molecular weight is 259 g/mol. The largest absolute Gasteiger partial charge is 0.333 e. The van der Waals surface area contributed by atoms with Crippen molar-refractivity contribution in [1.29, 1.82) is 0 Å². The van der Waals surface area contributed by atoms with Crippen LogP contribution in [0.1, 0.15) is 17.3 Å². The Morgan fingerprint density at radius 2 is 2.18 bits per heavy atom. The van der Waals surface area contributed by atoms with Crippen LogP contribution in [0.4, 0.5) is 4.39 Å². The number of rotatable bonds is 1. The van der Waals surface area contributed by atoms with Gasteiger partial charge in [-0.2, -0.15) is 0 Å². The van der Waals surface area contributed by atoms with E-state index in [4.69, 9.17) is 0 Å². The van der Waals surface area contributed by atoms with Crippen LogP contribution in [0.15, 0.2) is 24.3 Å². The molecule has 17 heavy (non-hydrogen) atoms. The summed E-state index contributed by atoms with van der Waals surface area (Å²) in [6, 6.07) is 6.24. The molecule has 0 aromatic heterocycles. The first-order valence-corrected chi connectivity index (χ1v) is 5.46. The number of hydrogen-bond acceptors (Lipinski definition) is 2. The molecule has 0 radical (unpaired) electrons. The fraction of sp³-hybridized carbons (Fsp3) is 0.417. The summed E-state index contributed by atoms with van der Waals surface area (Å²) in [5.41, 5.74) is 0.163. The van der Waals surface area contributed by atoms with Crippen molar-refractivity contribution >= 4 is 18.3 Å². The van der Waals surface area contributed by atoms with E-state index in [9.17, 15) is 9.18 Å². The lowest BCUT2D eigenvalue weighted by atomic mass is 10.1. The minimum Gasteiger partial charge on any atom is -0.333 e. The van der Waals surface area contributed by atoms with Gasteiger partial charge in [-0.3, -0.25) is 4.79 Å². The van der Waals surface area contributed by atoms with Crippen LogP contribution >= 0.6 is 12.4 Å². The minimum absolute atomic E-state index is 0. The molecule has 1 heterocycles. The van der Waals surface area contributed by atoms with Gasteiger partial charge in [0.05, 0.1) is 5.56 Å². The first-order valence-electron chi connectivity index (χ1n) is 5.46. The molecule has 1 aliphatic heterocycles. The number of piperazine rings is 1. The van der Waals surface area contributed by atoms with E-state index in [1.807, 2.05) is 6.92 Å². The Morgan fingerprint density at radius 3 is 2.82 bits per heavy atom. The normalized spacial score (nSPS) is 19.6. The van der Waals surface area contributed by atoms with Gasteiger partial charge in [0, 0.05) is 25.7 Å². The number of benzene rings is 1. The number of hydrogen-bond donors (Lipinski definition) is 1. The predicted molar refractivity (Wildman–Crippen MR) is 67.0 cm³/mol. The molecule has 0 saturated carbocycles. The van der Waals surface area contributed by atoms with E-state index in [0.29, 0.717) is 6.54 Å². The summed E-state index contributed by atoms with van der Waals surface area (Å²) in [7, 11) is 0. The first-order chi connectivity index (χ1) is 7.70. The zero-order chi connectivity index (χ0) is 11.5. The predicted octanol–water partition coefficient (Wildman–Crippen LogP) is 1.68. The second-order valence-electron chi connectivity index (χ2n) is 4.03. The third-order valence-electron chi connectivity index (χ3n) is 2.87. The molecule has 0 spiro atoms. The highest BCUT2D eigenvalue weighted by Gasteiger charge is 2.25. The van der Waals surface area contributed by atoms with E-state index in [0.717, 1.165) is 13.1 Å². The highest BCUT2D eigenvalue weighted by atomic mass is 35.5. The van der Waals surface area contributed by atoms with E-state index in [1.165, 1.54) is 12.1 Å². The topological polar surface area (TPSA) is 32.3 Å². The summed E-state index contributed by atoms with van der Waals surface area (Å²) in [5.74, 6) is -0.662. The quantitative estimate of drug-likeness (QED) is 0.831. The Kier molecular flexibility index (Phi) is 4.90. The van der Waals surface area contributed by atoms with Gasteiger partial charge in [0.15, 0.2) is 0 Å². The molecular formula is C12H16ClFN2O. The summed E-state index contributed by atoms with van der Waals surface area (Å²) in [4.78, 5) is 13.8. The monoisotopic (exact) mass is 258 g/mol. The van der Waals surface area contributed by atoms with Gasteiger partial charge in [-0.25, -0.2) is 4.39 Å². The van der Waals surface area contributed by atoms with Crippen LogP contribution in [0.25, 0.3) is 0 Å². The molecule has 5 heteroatoms. The van der Waals surface area contributed by atoms with Gasteiger partial charge >= 0.3 is 0 Å². The van der Waals surface area contributed by atoms with Gasteiger partial charge in [-0.15, -0.1) is 12.4 Å². The molecule has 1 fully saturated rings. The molecule has 1 N–H and O–H groups in total. The third kappa shape index (κ3) is 2.96. The molecule has 2 rings (SSSR count). The number of carbonyl (C=O) groups excluding carboxylic acids is 1. The Balaban J connectivity index is 0.00000144. The molecule has 1 unspecified atom stereocenters. The second-order valence-corrected chi connectivity index (χ2v) is 4.03. The van der Waals surface area contributed by atoms with Crippen LogP contribution in [0.2, 0.25) is 0 Å². The zero-order valence-corrected chi connectivity index (χ0v) is 10.5. The second kappa shape index (κ2) is 5.98. The van der Waals surface area contributed by atoms with Crippen LogP contribution in [-0.2, 0) is 0 Å². The number of amides is 1. The molecule has 1 atom stereocenters. The molecule has 0 bridgehead atoms. The lowest BCUT2D eigenvalue weighted by molar-refractivity contribution is 0.0651. The smallest absolute Gasteiger partial charge is 0.257 e. The molecule has 1 saturated heterocycles. The Morgan fingerprint density at radius 1 is 1.47 bits per heavy atom. The van der Waals surface area contributed by atoms with Crippen LogP contribution in [-0.4, -0.2) is 36.5 Å². The van der Waals surface area contributed by atoms with E-state index >= 15 is 0 Å². The number of carbonyl (C=O) groups is 1. The van der Waals surface area contributed by atoms with Gasteiger partial charge in [-0.05, 0) is 19.1 Å². The van der Waals surface area contributed by atoms with Gasteiger partial charge in [0.1, 0.15) is 5.82 Å². The van der Waals surface area contributed by atoms with Crippen molar-refractivity contribution in [3.05, 3.63) is 35.6 Å². The molecule has 94 valence electrons. The molecule has 1 aliphatic rings. The van der Waals surface area contributed by atoms with Crippen molar-refractivity contribution in [2.75, 3.05) is 19.6 Å². The third-order valence-corrected chi connectivity index (χ3v) is 2.87. The van der Waals surface area contributed by atoms with Crippen LogP contribution < -0.4 is 5.32 Å². The standard InChI is InChI=1S/C12H15FN2O.ClH/c1-9-8-14-6-7-15(9)12(16)10-4-2-3-5-11(10)13;/h2-5,9,14H,6-8H2,1H3;1H. The fourth-order valence-corrected chi connectivity index (χ4v) is 1.93. The number of halogens is 2. The van der Waals surface area contributed by atoms with Crippen LogP contribution in [0, 0.1) is 5.82 Å². The number of nitrogens with one attached hydrogen (secondary N) is 1. The molecular weight excluding hydrogens is 243 g/mol. The van der Waals surface area contributed by atoms with Crippen molar-refractivity contribution in [1.82, 2.24) is 10.2 Å². The van der Waals surface area contributed by atoms with Crippen molar-refractivity contribution in [3.63, 3.8) is 0 Å². The summed E-state index contributed by atoms with van der Waals surface area (Å²) in [5, 5.41) is 3.20. The molecule has 1 aromatic carbocycles. The van der Waals surface area contributed by atoms with Crippen molar-refractivity contribution in [2.45, 2.75) is 13.0 Å². The molecule has 1 amide bonds. The highest BCUT2D eigenvalue weighted by Crippen LogP contribution is 2.13. The highest BCUT2D eigenvalue weighted by molar-refractivity contribution is 5.94. The maximum Gasteiger partial charge on any atom is 0.257 e. The van der Waals surface area contributed by atoms with Crippen molar-refractivity contribution < 1.29 is 9.18 Å².